The normalized spacial score (nSPS) is 13.1. The van der Waals surface area contributed by atoms with E-state index < -0.39 is 0 Å². The number of fused-ring (bicyclic) bond motifs is 1. The van der Waals surface area contributed by atoms with Crippen LogP contribution in [0.25, 0.3) is 5.57 Å². The Balaban J connectivity index is 2.05. The van der Waals surface area contributed by atoms with Gasteiger partial charge in [0.2, 0.25) is 0 Å². The second kappa shape index (κ2) is 4.46. The largest absolute Gasteiger partial charge is 0.497 e. The summed E-state index contributed by atoms with van der Waals surface area (Å²) < 4.78 is 5.26. The van der Waals surface area contributed by atoms with Crippen molar-refractivity contribution in [3.63, 3.8) is 0 Å². The molecule has 0 N–H and O–H groups in total. The third-order valence-electron chi connectivity index (χ3n) is 3.15. The average Bonchev–Trinajstić information content (AvgIpc) is 2.81. The molecule has 3 heteroatoms. The summed E-state index contributed by atoms with van der Waals surface area (Å²) in [6.07, 6.45) is 4.96. The lowest BCUT2D eigenvalue weighted by Crippen LogP contribution is -1.90. The van der Waals surface area contributed by atoms with Crippen LogP contribution in [0.3, 0.4) is 0 Å². The van der Waals surface area contributed by atoms with Crippen molar-refractivity contribution in [2.45, 2.75) is 6.42 Å². The Kier molecular flexibility index (Phi) is 2.80. The minimum atomic E-state index is 0.550. The summed E-state index contributed by atoms with van der Waals surface area (Å²) in [6, 6.07) is 9.99. The molecule has 1 heterocycles. The van der Waals surface area contributed by atoms with Crippen molar-refractivity contribution in [2.75, 3.05) is 7.11 Å². The molecule has 90 valence electrons. The minimum absolute atomic E-state index is 0.550. The van der Waals surface area contributed by atoms with Gasteiger partial charge in [0, 0.05) is 11.8 Å². The molecule has 0 spiro atoms. The smallest absolute Gasteiger partial charge is 0.129 e. The molecule has 1 aliphatic carbocycles. The van der Waals surface area contributed by atoms with Crippen molar-refractivity contribution in [1.29, 1.82) is 0 Å². The summed E-state index contributed by atoms with van der Waals surface area (Å²) >= 11 is 5.91. The Morgan fingerprint density at radius 2 is 2.17 bits per heavy atom. The molecular weight excluding hydrogens is 246 g/mol. The van der Waals surface area contributed by atoms with E-state index >= 15 is 0 Å². The van der Waals surface area contributed by atoms with E-state index in [1.165, 1.54) is 11.1 Å². The molecule has 0 saturated carbocycles. The summed E-state index contributed by atoms with van der Waals surface area (Å²) in [5.41, 5.74) is 4.74. The van der Waals surface area contributed by atoms with Crippen molar-refractivity contribution in [1.82, 2.24) is 4.98 Å². The highest BCUT2D eigenvalue weighted by molar-refractivity contribution is 6.29. The predicted molar refractivity (Wildman–Crippen MR) is 73.0 cm³/mol. The molecule has 0 saturated heterocycles. The molecule has 1 aliphatic rings. The molecule has 2 aromatic rings. The first-order valence-electron chi connectivity index (χ1n) is 5.77. The average molecular weight is 258 g/mol. The van der Waals surface area contributed by atoms with Gasteiger partial charge in [-0.2, -0.15) is 0 Å². The molecular formula is C15H12ClNO. The Labute approximate surface area is 111 Å². The molecule has 0 amide bonds. The third kappa shape index (κ3) is 1.89. The van der Waals surface area contributed by atoms with Crippen molar-refractivity contribution < 1.29 is 4.74 Å². The van der Waals surface area contributed by atoms with Gasteiger partial charge in [-0.15, -0.1) is 0 Å². The Bertz CT molecular complexity index is 634. The van der Waals surface area contributed by atoms with Crippen molar-refractivity contribution in [3.05, 3.63) is 64.4 Å². The van der Waals surface area contributed by atoms with E-state index in [4.69, 9.17) is 16.3 Å². The van der Waals surface area contributed by atoms with Crippen LogP contribution in [0.15, 0.2) is 42.6 Å². The summed E-state index contributed by atoms with van der Waals surface area (Å²) in [5.74, 6) is 0.865. The van der Waals surface area contributed by atoms with E-state index in [2.05, 4.69) is 17.1 Å². The Morgan fingerprint density at radius 1 is 1.28 bits per heavy atom. The van der Waals surface area contributed by atoms with Gasteiger partial charge in [0.05, 0.1) is 7.11 Å². The maximum atomic E-state index is 5.91. The number of hydrogen-bond acceptors (Lipinski definition) is 2. The highest BCUT2D eigenvalue weighted by atomic mass is 35.5. The van der Waals surface area contributed by atoms with Crippen LogP contribution in [0.1, 0.15) is 16.7 Å². The monoisotopic (exact) mass is 257 g/mol. The molecule has 3 rings (SSSR count). The van der Waals surface area contributed by atoms with E-state index in [-0.39, 0.29) is 0 Å². The zero-order valence-electron chi connectivity index (χ0n) is 9.98. The Hall–Kier alpha value is -1.80. The number of benzene rings is 1. The van der Waals surface area contributed by atoms with Crippen LogP contribution in [0.5, 0.6) is 5.75 Å². The summed E-state index contributed by atoms with van der Waals surface area (Å²) in [7, 11) is 1.68. The number of aromatic nitrogens is 1. The molecule has 0 atom stereocenters. The first-order valence-corrected chi connectivity index (χ1v) is 6.15. The van der Waals surface area contributed by atoms with Crippen LogP contribution < -0.4 is 4.74 Å². The number of methoxy groups -OCH3 is 1. The van der Waals surface area contributed by atoms with Gasteiger partial charge < -0.3 is 4.74 Å². The zero-order valence-corrected chi connectivity index (χ0v) is 10.7. The molecule has 0 fully saturated rings. The molecule has 0 radical (unpaired) electrons. The topological polar surface area (TPSA) is 22.1 Å². The number of allylic oxidation sites excluding steroid dienone is 1. The fourth-order valence-corrected chi connectivity index (χ4v) is 2.45. The molecule has 1 aromatic carbocycles. The molecule has 0 bridgehead atoms. The van der Waals surface area contributed by atoms with Gasteiger partial charge in [0.25, 0.3) is 0 Å². The zero-order chi connectivity index (χ0) is 12.5. The second-order valence-electron chi connectivity index (χ2n) is 4.22. The number of nitrogens with zero attached hydrogens (tertiary/aromatic N) is 1. The van der Waals surface area contributed by atoms with Crippen LogP contribution in [0, 0.1) is 0 Å². The highest BCUT2D eigenvalue weighted by Gasteiger charge is 2.16. The number of rotatable bonds is 2. The van der Waals surface area contributed by atoms with E-state index in [1.807, 2.05) is 30.5 Å². The molecule has 0 aliphatic heterocycles. The maximum Gasteiger partial charge on any atom is 0.129 e. The van der Waals surface area contributed by atoms with Crippen molar-refractivity contribution >= 4 is 17.2 Å². The fourth-order valence-electron chi connectivity index (χ4n) is 2.27. The number of pyridine rings is 1. The Morgan fingerprint density at radius 3 is 3.00 bits per heavy atom. The lowest BCUT2D eigenvalue weighted by atomic mass is 10.0. The number of hydrogen-bond donors (Lipinski definition) is 0. The molecule has 0 unspecified atom stereocenters. The highest BCUT2D eigenvalue weighted by Crippen LogP contribution is 2.34. The van der Waals surface area contributed by atoms with Crippen LogP contribution >= 0.6 is 11.6 Å². The van der Waals surface area contributed by atoms with Gasteiger partial charge >= 0.3 is 0 Å². The van der Waals surface area contributed by atoms with Crippen molar-refractivity contribution in [3.8, 4) is 5.75 Å². The predicted octanol–water partition coefficient (Wildman–Crippen LogP) is 3.73. The quantitative estimate of drug-likeness (QED) is 0.765. The number of halogens is 1. The summed E-state index contributed by atoms with van der Waals surface area (Å²) in [4.78, 5) is 4.16. The van der Waals surface area contributed by atoms with Gasteiger partial charge in [-0.3, -0.25) is 0 Å². The van der Waals surface area contributed by atoms with Crippen LogP contribution in [-0.2, 0) is 6.42 Å². The number of ether oxygens (including phenoxy) is 1. The van der Waals surface area contributed by atoms with Gasteiger partial charge in [0.15, 0.2) is 0 Å². The van der Waals surface area contributed by atoms with Crippen LogP contribution in [0.2, 0.25) is 5.15 Å². The lowest BCUT2D eigenvalue weighted by molar-refractivity contribution is 0.414. The lowest BCUT2D eigenvalue weighted by Gasteiger charge is -2.07. The van der Waals surface area contributed by atoms with Gasteiger partial charge in [0.1, 0.15) is 10.9 Å². The SMILES string of the molecule is COc1cccc(C2=CCc3cc(Cl)ncc32)c1. The van der Waals surface area contributed by atoms with Gasteiger partial charge in [-0.1, -0.05) is 29.8 Å². The first kappa shape index (κ1) is 11.3. The minimum Gasteiger partial charge on any atom is -0.497 e. The fraction of sp³-hybridized carbons (Fsp3) is 0.133. The van der Waals surface area contributed by atoms with E-state index in [0.29, 0.717) is 5.15 Å². The van der Waals surface area contributed by atoms with Crippen LogP contribution in [-0.4, -0.2) is 12.1 Å². The molecule has 2 nitrogen and oxygen atoms in total. The summed E-state index contributed by atoms with van der Waals surface area (Å²) in [6.45, 7) is 0. The van der Waals surface area contributed by atoms with E-state index in [1.54, 1.807) is 7.11 Å². The second-order valence-corrected chi connectivity index (χ2v) is 4.61. The van der Waals surface area contributed by atoms with E-state index in [9.17, 15) is 0 Å². The van der Waals surface area contributed by atoms with Gasteiger partial charge in [-0.25, -0.2) is 4.98 Å². The van der Waals surface area contributed by atoms with Crippen molar-refractivity contribution in [2.24, 2.45) is 0 Å². The molecule has 18 heavy (non-hydrogen) atoms. The van der Waals surface area contributed by atoms with E-state index in [0.717, 1.165) is 23.3 Å². The van der Waals surface area contributed by atoms with Gasteiger partial charge in [-0.05, 0) is 41.3 Å². The first-order chi connectivity index (χ1) is 8.78. The third-order valence-corrected chi connectivity index (χ3v) is 3.36. The summed E-state index contributed by atoms with van der Waals surface area (Å²) in [5, 5.41) is 0.550. The maximum absolute atomic E-state index is 5.91. The standard InChI is InChI=1S/C15H12ClNO/c1-18-12-4-2-3-10(7-12)13-6-5-11-8-15(16)17-9-14(11)13/h2-4,6-9H,5H2,1H3. The molecule has 1 aromatic heterocycles. The van der Waals surface area contributed by atoms with Crippen LogP contribution in [0.4, 0.5) is 0 Å².